The minimum absolute atomic E-state index is 0.0473. The molecular formula is C15H25N7O. The third kappa shape index (κ3) is 3.38. The lowest BCUT2D eigenvalue weighted by Crippen LogP contribution is -2.54. The van der Waals surface area contributed by atoms with Crippen LogP contribution in [0.25, 0.3) is 0 Å². The average Bonchev–Trinajstić information content (AvgIpc) is 2.85. The molecule has 0 spiro atoms. The number of amides is 1. The fraction of sp³-hybridized carbons (Fsp3) is 0.800. The summed E-state index contributed by atoms with van der Waals surface area (Å²) in [5, 5.41) is 17.2. The van der Waals surface area contributed by atoms with Gasteiger partial charge in [-0.2, -0.15) is 5.26 Å². The Bertz CT molecular complexity index is 516. The molecule has 2 fully saturated rings. The first-order valence-corrected chi connectivity index (χ1v) is 8.30. The van der Waals surface area contributed by atoms with Crippen LogP contribution in [0.5, 0.6) is 0 Å². The second-order valence-corrected chi connectivity index (χ2v) is 6.75. The molecule has 23 heavy (non-hydrogen) atoms. The molecule has 3 rings (SSSR count). The Labute approximate surface area is 136 Å². The van der Waals surface area contributed by atoms with E-state index in [0.717, 1.165) is 19.5 Å². The van der Waals surface area contributed by atoms with Crippen molar-refractivity contribution >= 4 is 12.1 Å². The molecule has 0 aromatic carbocycles. The van der Waals surface area contributed by atoms with E-state index in [1.165, 1.54) is 0 Å². The van der Waals surface area contributed by atoms with Crippen LogP contribution in [-0.2, 0) is 4.79 Å². The molecule has 6 atom stereocenters. The highest BCUT2D eigenvalue weighted by Crippen LogP contribution is 2.26. The molecule has 0 radical (unpaired) electrons. The topological polar surface area (TPSA) is 119 Å². The molecule has 8 nitrogen and oxygen atoms in total. The minimum Gasteiger partial charge on any atom is -0.351 e. The van der Waals surface area contributed by atoms with E-state index in [-0.39, 0.29) is 24.0 Å². The first-order valence-electron chi connectivity index (χ1n) is 8.30. The van der Waals surface area contributed by atoms with Gasteiger partial charge in [-0.15, -0.1) is 0 Å². The van der Waals surface area contributed by atoms with Crippen LogP contribution in [0.15, 0.2) is 4.99 Å². The monoisotopic (exact) mass is 319 g/mol. The van der Waals surface area contributed by atoms with Crippen LogP contribution in [0, 0.1) is 29.1 Å². The van der Waals surface area contributed by atoms with E-state index >= 15 is 0 Å². The fourth-order valence-corrected chi connectivity index (χ4v) is 3.57. The van der Waals surface area contributed by atoms with Gasteiger partial charge in [0.2, 0.25) is 5.91 Å². The first kappa shape index (κ1) is 16.3. The fourth-order valence-electron chi connectivity index (χ4n) is 3.57. The molecule has 0 aromatic heterocycles. The highest BCUT2D eigenvalue weighted by Gasteiger charge is 2.46. The number of fused-ring (bicyclic) bond motifs is 1. The Balaban J connectivity index is 1.66. The zero-order valence-electron chi connectivity index (χ0n) is 13.4. The Morgan fingerprint density at radius 1 is 1.61 bits per heavy atom. The number of piperidine rings is 1. The number of hydrogen-bond acceptors (Lipinski definition) is 7. The Hall–Kier alpha value is -1.53. The van der Waals surface area contributed by atoms with Gasteiger partial charge in [0.25, 0.3) is 0 Å². The number of rotatable bonds is 3. The van der Waals surface area contributed by atoms with E-state index in [2.05, 4.69) is 34.0 Å². The van der Waals surface area contributed by atoms with Crippen molar-refractivity contribution in [3.05, 3.63) is 0 Å². The van der Waals surface area contributed by atoms with Crippen LogP contribution < -0.4 is 21.8 Å². The zero-order chi connectivity index (χ0) is 16.4. The van der Waals surface area contributed by atoms with Crippen LogP contribution >= 0.6 is 0 Å². The molecule has 8 heteroatoms. The molecule has 1 amide bonds. The average molecular weight is 319 g/mol. The van der Waals surface area contributed by atoms with Gasteiger partial charge < -0.3 is 16.4 Å². The molecule has 3 aliphatic rings. The van der Waals surface area contributed by atoms with Crippen molar-refractivity contribution in [2.24, 2.45) is 28.5 Å². The summed E-state index contributed by atoms with van der Waals surface area (Å²) in [6.07, 6.45) is 2.54. The number of aliphatic imine (C=N–C) groups is 1. The molecule has 0 aromatic rings. The second-order valence-electron chi connectivity index (χ2n) is 6.75. The number of hydrazine groups is 1. The van der Waals surface area contributed by atoms with Crippen LogP contribution in [0.3, 0.4) is 0 Å². The summed E-state index contributed by atoms with van der Waals surface area (Å²) in [4.78, 5) is 17.2. The second kappa shape index (κ2) is 6.93. The third-order valence-corrected chi connectivity index (χ3v) is 5.03. The highest BCUT2D eigenvalue weighted by molar-refractivity contribution is 5.81. The van der Waals surface area contributed by atoms with Crippen LogP contribution in [0.1, 0.15) is 19.8 Å². The van der Waals surface area contributed by atoms with E-state index in [1.54, 1.807) is 6.21 Å². The predicted octanol–water partition coefficient (Wildman–Crippen LogP) is -1.24. The number of hydrogen-bond donors (Lipinski definition) is 4. The lowest BCUT2D eigenvalue weighted by atomic mass is 9.93. The van der Waals surface area contributed by atoms with Crippen LogP contribution in [0.4, 0.5) is 0 Å². The van der Waals surface area contributed by atoms with Crippen molar-refractivity contribution in [2.75, 3.05) is 19.6 Å². The normalized spacial score (nSPS) is 40.4. The van der Waals surface area contributed by atoms with Gasteiger partial charge in [-0.25, -0.2) is 10.4 Å². The molecule has 6 unspecified atom stereocenters. The first-order chi connectivity index (χ1) is 11.1. The van der Waals surface area contributed by atoms with Crippen molar-refractivity contribution < 1.29 is 4.79 Å². The van der Waals surface area contributed by atoms with Gasteiger partial charge in [0.1, 0.15) is 12.1 Å². The summed E-state index contributed by atoms with van der Waals surface area (Å²) < 4.78 is 0. The summed E-state index contributed by atoms with van der Waals surface area (Å²) >= 11 is 0. The van der Waals surface area contributed by atoms with Crippen molar-refractivity contribution in [3.8, 4) is 6.07 Å². The maximum Gasteiger partial charge on any atom is 0.229 e. The largest absolute Gasteiger partial charge is 0.351 e. The number of carbonyl (C=O) groups is 1. The number of nitrogens with two attached hydrogens (primary N) is 1. The van der Waals surface area contributed by atoms with E-state index in [9.17, 15) is 4.79 Å². The Morgan fingerprint density at radius 2 is 2.43 bits per heavy atom. The molecule has 0 aliphatic carbocycles. The van der Waals surface area contributed by atoms with Crippen molar-refractivity contribution in [1.29, 1.82) is 5.26 Å². The molecule has 126 valence electrons. The lowest BCUT2D eigenvalue weighted by molar-refractivity contribution is -0.127. The van der Waals surface area contributed by atoms with Gasteiger partial charge in [0.05, 0.1) is 12.2 Å². The van der Waals surface area contributed by atoms with Crippen LogP contribution in [0.2, 0.25) is 0 Å². The SMILES string of the molecule is CC1CCNCC1NC(=O)C1C(N)NN2CC(CC#N)C=NC12. The molecular weight excluding hydrogens is 294 g/mol. The van der Waals surface area contributed by atoms with Crippen molar-refractivity contribution in [1.82, 2.24) is 21.1 Å². The van der Waals surface area contributed by atoms with E-state index < -0.39 is 12.1 Å². The van der Waals surface area contributed by atoms with Gasteiger partial charge in [-0.1, -0.05) is 6.92 Å². The molecule has 0 bridgehead atoms. The standard InChI is InChI=1S/C15H25N7O/c1-9-3-5-18-7-11(9)20-15(23)12-13(17)21-22-8-10(2-4-16)6-19-14(12)22/h6,9-14,18,21H,2-3,5,7-8,17H2,1H3,(H,20,23). The summed E-state index contributed by atoms with van der Waals surface area (Å²) in [5.41, 5.74) is 9.27. The summed E-state index contributed by atoms with van der Waals surface area (Å²) in [7, 11) is 0. The number of carbonyl (C=O) groups excluding carboxylic acids is 1. The Morgan fingerprint density at radius 3 is 3.17 bits per heavy atom. The van der Waals surface area contributed by atoms with E-state index in [0.29, 0.717) is 18.9 Å². The molecule has 3 aliphatic heterocycles. The number of nitrogens with zero attached hydrogens (tertiary/aromatic N) is 3. The number of nitriles is 1. The van der Waals surface area contributed by atoms with Gasteiger partial charge >= 0.3 is 0 Å². The van der Waals surface area contributed by atoms with Gasteiger partial charge in [0.15, 0.2) is 0 Å². The molecule has 0 saturated carbocycles. The maximum atomic E-state index is 12.7. The van der Waals surface area contributed by atoms with Gasteiger partial charge in [0, 0.05) is 37.7 Å². The molecule has 5 N–H and O–H groups in total. The summed E-state index contributed by atoms with van der Waals surface area (Å²) in [6, 6.07) is 2.29. The smallest absolute Gasteiger partial charge is 0.229 e. The van der Waals surface area contributed by atoms with Gasteiger partial charge in [-0.3, -0.25) is 9.79 Å². The summed E-state index contributed by atoms with van der Waals surface area (Å²) in [5.74, 6) is 0.0782. The molecule has 2 saturated heterocycles. The highest BCUT2D eigenvalue weighted by atomic mass is 16.2. The predicted molar refractivity (Wildman–Crippen MR) is 85.9 cm³/mol. The minimum atomic E-state index is -0.454. The van der Waals surface area contributed by atoms with Crippen LogP contribution in [-0.4, -0.2) is 55.1 Å². The third-order valence-electron chi connectivity index (χ3n) is 5.03. The van der Waals surface area contributed by atoms with Crippen molar-refractivity contribution in [3.63, 3.8) is 0 Å². The zero-order valence-corrected chi connectivity index (χ0v) is 13.4. The number of nitrogens with one attached hydrogen (secondary N) is 3. The molecule has 3 heterocycles. The van der Waals surface area contributed by atoms with E-state index in [1.807, 2.05) is 5.01 Å². The van der Waals surface area contributed by atoms with E-state index in [4.69, 9.17) is 11.0 Å². The summed E-state index contributed by atoms with van der Waals surface area (Å²) in [6.45, 7) is 4.61. The quantitative estimate of drug-likeness (QED) is 0.517. The van der Waals surface area contributed by atoms with Gasteiger partial charge in [-0.05, 0) is 18.9 Å². The maximum absolute atomic E-state index is 12.7. The lowest BCUT2D eigenvalue weighted by Gasteiger charge is -2.33. The van der Waals surface area contributed by atoms with Crippen molar-refractivity contribution in [2.45, 2.75) is 38.1 Å². The Kier molecular flexibility index (Phi) is 4.92.